The van der Waals surface area contributed by atoms with Gasteiger partial charge < -0.3 is 10.1 Å². The molecule has 0 heterocycles. The number of nitrogens with one attached hydrogen (secondary N) is 1. The third-order valence-electron chi connectivity index (χ3n) is 4.73. The minimum Gasteiger partial charge on any atom is -0.344 e. The molecular weight excluding hydrogens is 276 g/mol. The summed E-state index contributed by atoms with van der Waals surface area (Å²) in [5.74, 6) is 0.370. The van der Waals surface area contributed by atoms with Crippen molar-refractivity contribution in [2.75, 3.05) is 0 Å². The molecule has 22 heavy (non-hydrogen) atoms. The second-order valence-electron chi connectivity index (χ2n) is 6.51. The summed E-state index contributed by atoms with van der Waals surface area (Å²) >= 11 is 0. The molecule has 0 aromatic heterocycles. The molecule has 2 aliphatic carbocycles. The van der Waals surface area contributed by atoms with Gasteiger partial charge >= 0.3 is 0 Å². The molecule has 4 nitrogen and oxygen atoms in total. The third-order valence-corrected chi connectivity index (χ3v) is 4.73. The minimum absolute atomic E-state index is 0.111. The zero-order valence-corrected chi connectivity index (χ0v) is 12.6. The topological polar surface area (TPSA) is 70.0 Å². The van der Waals surface area contributed by atoms with Gasteiger partial charge in [-0.3, -0.25) is 4.79 Å². The summed E-state index contributed by atoms with van der Waals surface area (Å²) in [5, 5.41) is 12.1. The highest BCUT2D eigenvalue weighted by molar-refractivity contribution is 5.83. The first kappa shape index (κ1) is 14.8. The van der Waals surface area contributed by atoms with Crippen LogP contribution >= 0.6 is 0 Å². The lowest BCUT2D eigenvalue weighted by Gasteiger charge is -2.23. The van der Waals surface area contributed by atoms with Crippen LogP contribution in [0.1, 0.15) is 61.1 Å². The molecule has 1 aromatic carbocycles. The van der Waals surface area contributed by atoms with Gasteiger partial charge in [-0.1, -0.05) is 25.0 Å². The molecule has 1 N–H and O–H groups in total. The van der Waals surface area contributed by atoms with Gasteiger partial charge in [0.25, 0.3) is 0 Å². The van der Waals surface area contributed by atoms with Gasteiger partial charge in [-0.05, 0) is 48.8 Å². The number of hydrogen-bond acceptors (Lipinski definition) is 3. The van der Waals surface area contributed by atoms with Crippen molar-refractivity contribution in [2.45, 2.75) is 56.4 Å². The molecule has 4 heteroatoms. The van der Waals surface area contributed by atoms with E-state index in [9.17, 15) is 9.59 Å². The van der Waals surface area contributed by atoms with E-state index in [1.165, 1.54) is 0 Å². The van der Waals surface area contributed by atoms with Gasteiger partial charge in [0.2, 0.25) is 5.91 Å². The fourth-order valence-electron chi connectivity index (χ4n) is 3.34. The molecule has 1 aromatic rings. The molecule has 2 fully saturated rings. The zero-order valence-electron chi connectivity index (χ0n) is 12.6. The minimum atomic E-state index is -0.650. The van der Waals surface area contributed by atoms with E-state index in [-0.39, 0.29) is 12.3 Å². The van der Waals surface area contributed by atoms with Crippen LogP contribution in [-0.4, -0.2) is 17.7 Å². The first-order valence-electron chi connectivity index (χ1n) is 7.96. The summed E-state index contributed by atoms with van der Waals surface area (Å²) in [6.07, 6.45) is 6.86. The van der Waals surface area contributed by atoms with Crippen LogP contribution in [0, 0.1) is 11.3 Å². The van der Waals surface area contributed by atoms with E-state index in [2.05, 4.69) is 11.4 Å². The normalized spacial score (nSPS) is 19.4. The summed E-state index contributed by atoms with van der Waals surface area (Å²) in [6.45, 7) is 0. The molecule has 0 spiro atoms. The first-order valence-corrected chi connectivity index (χ1v) is 7.96. The molecule has 0 aliphatic heterocycles. The summed E-state index contributed by atoms with van der Waals surface area (Å²) in [4.78, 5) is 23.6. The summed E-state index contributed by atoms with van der Waals surface area (Å²) in [7, 11) is 0. The van der Waals surface area contributed by atoms with Crippen LogP contribution in [-0.2, 0) is 16.0 Å². The van der Waals surface area contributed by atoms with Crippen molar-refractivity contribution in [2.24, 2.45) is 0 Å². The van der Waals surface area contributed by atoms with Gasteiger partial charge in [-0.25, -0.2) is 0 Å². The quantitative estimate of drug-likeness (QED) is 0.849. The fourth-order valence-corrected chi connectivity index (χ4v) is 3.34. The maximum Gasteiger partial charge on any atom is 0.225 e. The van der Waals surface area contributed by atoms with Gasteiger partial charge in [0, 0.05) is 0 Å². The van der Waals surface area contributed by atoms with Crippen molar-refractivity contribution in [3.8, 4) is 6.07 Å². The Labute approximate surface area is 130 Å². The van der Waals surface area contributed by atoms with E-state index < -0.39 is 5.54 Å². The summed E-state index contributed by atoms with van der Waals surface area (Å²) in [6, 6.07) is 7.86. The maximum atomic E-state index is 12.2. The number of rotatable bonds is 5. The molecule has 1 amide bonds. The van der Waals surface area contributed by atoms with Crippen LogP contribution in [0.25, 0.3) is 0 Å². The van der Waals surface area contributed by atoms with Crippen LogP contribution in [0.5, 0.6) is 0 Å². The van der Waals surface area contributed by atoms with Crippen molar-refractivity contribution in [1.29, 1.82) is 5.26 Å². The van der Waals surface area contributed by atoms with Crippen molar-refractivity contribution in [1.82, 2.24) is 5.32 Å². The van der Waals surface area contributed by atoms with Crippen LogP contribution in [0.3, 0.4) is 0 Å². The number of benzene rings is 1. The SMILES string of the molecule is N#Cc1ccc(CC(=O)NC2(C=O)CCCC2)cc1C1CC1. The average Bonchev–Trinajstić information content (AvgIpc) is 3.27. The molecule has 2 saturated carbocycles. The smallest absolute Gasteiger partial charge is 0.225 e. The van der Waals surface area contributed by atoms with E-state index in [1.54, 1.807) is 6.07 Å². The van der Waals surface area contributed by atoms with E-state index in [0.29, 0.717) is 11.5 Å². The maximum absolute atomic E-state index is 12.2. The van der Waals surface area contributed by atoms with E-state index in [1.807, 2.05) is 12.1 Å². The van der Waals surface area contributed by atoms with Gasteiger partial charge in [0.05, 0.1) is 23.6 Å². The Bertz CT molecular complexity index is 635. The van der Waals surface area contributed by atoms with Crippen LogP contribution in [0.2, 0.25) is 0 Å². The number of amides is 1. The number of nitrogens with zero attached hydrogens (tertiary/aromatic N) is 1. The second-order valence-corrected chi connectivity index (χ2v) is 6.51. The number of aldehydes is 1. The summed E-state index contributed by atoms with van der Waals surface area (Å²) in [5.41, 5.74) is 2.05. The summed E-state index contributed by atoms with van der Waals surface area (Å²) < 4.78 is 0. The highest BCUT2D eigenvalue weighted by atomic mass is 16.2. The number of nitriles is 1. The Morgan fingerprint density at radius 2 is 2.09 bits per heavy atom. The Kier molecular flexibility index (Phi) is 3.98. The molecule has 0 radical (unpaired) electrons. The number of hydrogen-bond donors (Lipinski definition) is 1. The van der Waals surface area contributed by atoms with Crippen LogP contribution < -0.4 is 5.32 Å². The Balaban J connectivity index is 1.70. The molecule has 0 atom stereocenters. The lowest BCUT2D eigenvalue weighted by atomic mass is 9.97. The van der Waals surface area contributed by atoms with E-state index in [0.717, 1.165) is 55.9 Å². The molecule has 0 saturated heterocycles. The first-order chi connectivity index (χ1) is 10.7. The highest BCUT2D eigenvalue weighted by Crippen LogP contribution is 2.41. The van der Waals surface area contributed by atoms with Crippen molar-refractivity contribution in [3.63, 3.8) is 0 Å². The van der Waals surface area contributed by atoms with Gasteiger partial charge in [-0.15, -0.1) is 0 Å². The van der Waals surface area contributed by atoms with Gasteiger partial charge in [0.15, 0.2) is 0 Å². The Morgan fingerprint density at radius 3 is 2.68 bits per heavy atom. The van der Waals surface area contributed by atoms with E-state index in [4.69, 9.17) is 5.26 Å². The number of carbonyl (C=O) groups excluding carboxylic acids is 2. The van der Waals surface area contributed by atoms with Crippen LogP contribution in [0.15, 0.2) is 18.2 Å². The molecule has 114 valence electrons. The lowest BCUT2D eigenvalue weighted by molar-refractivity contribution is -0.126. The largest absolute Gasteiger partial charge is 0.344 e. The molecule has 0 bridgehead atoms. The fraction of sp³-hybridized carbons (Fsp3) is 0.500. The zero-order chi connectivity index (χ0) is 15.6. The third kappa shape index (κ3) is 3.04. The Morgan fingerprint density at radius 1 is 1.36 bits per heavy atom. The van der Waals surface area contributed by atoms with E-state index >= 15 is 0 Å². The Hall–Kier alpha value is -2.15. The van der Waals surface area contributed by atoms with Crippen molar-refractivity contribution in [3.05, 3.63) is 34.9 Å². The monoisotopic (exact) mass is 296 g/mol. The average molecular weight is 296 g/mol. The predicted octanol–water partition coefficient (Wildman–Crippen LogP) is 2.61. The molecule has 2 aliphatic rings. The number of carbonyl (C=O) groups is 2. The predicted molar refractivity (Wildman–Crippen MR) is 82.2 cm³/mol. The second kappa shape index (κ2) is 5.92. The molecular formula is C18H20N2O2. The van der Waals surface area contributed by atoms with Gasteiger partial charge in [-0.2, -0.15) is 5.26 Å². The molecule has 0 unspecified atom stereocenters. The molecule has 3 rings (SSSR count). The van der Waals surface area contributed by atoms with Crippen molar-refractivity contribution >= 4 is 12.2 Å². The standard InChI is InChI=1S/C18H20N2O2/c19-11-15-4-3-13(9-16(15)14-5-6-14)10-17(22)20-18(12-21)7-1-2-8-18/h3-4,9,12,14H,1-2,5-8,10H2,(H,20,22). The van der Waals surface area contributed by atoms with Crippen LogP contribution in [0.4, 0.5) is 0 Å². The highest BCUT2D eigenvalue weighted by Gasteiger charge is 2.35. The van der Waals surface area contributed by atoms with Crippen molar-refractivity contribution < 1.29 is 9.59 Å². The lowest BCUT2D eigenvalue weighted by Crippen LogP contribution is -2.48. The van der Waals surface area contributed by atoms with Gasteiger partial charge in [0.1, 0.15) is 6.29 Å².